The summed E-state index contributed by atoms with van der Waals surface area (Å²) in [6, 6.07) is 7.02. The normalized spacial score (nSPS) is 10.1. The van der Waals surface area contributed by atoms with Crippen molar-refractivity contribution in [1.29, 1.82) is 0 Å². The summed E-state index contributed by atoms with van der Waals surface area (Å²) in [5, 5.41) is 2.79. The van der Waals surface area contributed by atoms with E-state index in [-0.39, 0.29) is 11.9 Å². The lowest BCUT2D eigenvalue weighted by Crippen LogP contribution is -2.14. The van der Waals surface area contributed by atoms with Gasteiger partial charge in [-0.2, -0.15) is 0 Å². The summed E-state index contributed by atoms with van der Waals surface area (Å²) in [6.45, 7) is 4.06. The van der Waals surface area contributed by atoms with Crippen molar-refractivity contribution in [3.8, 4) is 5.75 Å². The van der Waals surface area contributed by atoms with Gasteiger partial charge in [0.25, 0.3) is 0 Å². The molecule has 1 aromatic carbocycles. The van der Waals surface area contributed by atoms with Crippen LogP contribution in [0.1, 0.15) is 52.4 Å². The van der Waals surface area contributed by atoms with Crippen molar-refractivity contribution in [2.75, 3.05) is 5.32 Å². The van der Waals surface area contributed by atoms with Gasteiger partial charge in [-0.15, -0.1) is 0 Å². The number of ether oxygens (including phenoxy) is 1. The molecule has 0 aliphatic carbocycles. The van der Waals surface area contributed by atoms with Crippen molar-refractivity contribution >= 4 is 17.6 Å². The molecule has 0 saturated heterocycles. The standard InChI is InChI=1S/C16H23NO3/c1-3-5-11-15(18)17-13-9-7-8-10-14(13)20-16(19)12-6-4-2/h7-10H,3-6,11-12H2,1-2H3,(H,17,18). The highest BCUT2D eigenvalue weighted by molar-refractivity contribution is 5.92. The molecule has 0 bridgehead atoms. The summed E-state index contributed by atoms with van der Waals surface area (Å²) in [5.41, 5.74) is 0.554. The van der Waals surface area contributed by atoms with Gasteiger partial charge in [-0.1, -0.05) is 38.8 Å². The van der Waals surface area contributed by atoms with Crippen LogP contribution in [0.15, 0.2) is 24.3 Å². The molecule has 0 fully saturated rings. The third kappa shape index (κ3) is 5.87. The monoisotopic (exact) mass is 277 g/mol. The Balaban J connectivity index is 2.63. The van der Waals surface area contributed by atoms with Gasteiger partial charge >= 0.3 is 5.97 Å². The maximum atomic E-state index is 11.7. The summed E-state index contributed by atoms with van der Waals surface area (Å²) in [6.07, 6.45) is 4.46. The summed E-state index contributed by atoms with van der Waals surface area (Å²) in [7, 11) is 0. The molecule has 0 aliphatic heterocycles. The largest absolute Gasteiger partial charge is 0.424 e. The number of nitrogens with one attached hydrogen (secondary N) is 1. The highest BCUT2D eigenvalue weighted by Gasteiger charge is 2.10. The van der Waals surface area contributed by atoms with Crippen LogP contribution < -0.4 is 10.1 Å². The van der Waals surface area contributed by atoms with Gasteiger partial charge in [-0.25, -0.2) is 0 Å². The zero-order valence-corrected chi connectivity index (χ0v) is 12.3. The summed E-state index contributed by atoms with van der Waals surface area (Å²) >= 11 is 0. The Bertz CT molecular complexity index is 402. The van der Waals surface area contributed by atoms with E-state index in [1.54, 1.807) is 24.3 Å². The molecular formula is C16H23NO3. The maximum absolute atomic E-state index is 11.7. The lowest BCUT2D eigenvalue weighted by molar-refractivity contribution is -0.134. The van der Waals surface area contributed by atoms with Gasteiger partial charge in [0.2, 0.25) is 5.91 Å². The van der Waals surface area contributed by atoms with Crippen LogP contribution in [-0.4, -0.2) is 11.9 Å². The SMILES string of the molecule is CCCCC(=O)Nc1ccccc1OC(=O)CCCC. The van der Waals surface area contributed by atoms with Crippen molar-refractivity contribution in [1.82, 2.24) is 0 Å². The van der Waals surface area contributed by atoms with Gasteiger partial charge in [0.1, 0.15) is 0 Å². The maximum Gasteiger partial charge on any atom is 0.311 e. The molecule has 4 nitrogen and oxygen atoms in total. The second-order valence-electron chi connectivity index (χ2n) is 4.73. The fourth-order valence-corrected chi connectivity index (χ4v) is 1.70. The van der Waals surface area contributed by atoms with Crippen LogP contribution in [0.4, 0.5) is 5.69 Å². The fourth-order valence-electron chi connectivity index (χ4n) is 1.70. The summed E-state index contributed by atoms with van der Waals surface area (Å²) in [4.78, 5) is 23.4. The Morgan fingerprint density at radius 1 is 1.05 bits per heavy atom. The van der Waals surface area contributed by atoms with Crippen LogP contribution in [0.3, 0.4) is 0 Å². The van der Waals surface area contributed by atoms with E-state index in [0.717, 1.165) is 25.7 Å². The third-order valence-electron chi connectivity index (χ3n) is 2.88. The lowest BCUT2D eigenvalue weighted by Gasteiger charge is -2.11. The number of carbonyl (C=O) groups excluding carboxylic acids is 2. The first kappa shape index (κ1) is 16.2. The molecule has 0 saturated carbocycles. The quantitative estimate of drug-likeness (QED) is 0.579. The van der Waals surface area contributed by atoms with Crippen LogP contribution in [0.25, 0.3) is 0 Å². The van der Waals surface area contributed by atoms with Gasteiger partial charge in [0.15, 0.2) is 5.75 Å². The Labute approximate surface area is 120 Å². The van der Waals surface area contributed by atoms with Crippen LogP contribution in [0, 0.1) is 0 Å². The zero-order valence-electron chi connectivity index (χ0n) is 12.3. The topological polar surface area (TPSA) is 55.4 Å². The minimum absolute atomic E-state index is 0.0519. The van der Waals surface area contributed by atoms with Crippen molar-refractivity contribution in [2.24, 2.45) is 0 Å². The number of carbonyl (C=O) groups is 2. The molecular weight excluding hydrogens is 254 g/mol. The number of rotatable bonds is 8. The summed E-state index contributed by atoms with van der Waals surface area (Å²) < 4.78 is 5.30. The van der Waals surface area contributed by atoms with Crippen molar-refractivity contribution < 1.29 is 14.3 Å². The Hall–Kier alpha value is -1.84. The number of amides is 1. The number of unbranched alkanes of at least 4 members (excludes halogenated alkanes) is 2. The lowest BCUT2D eigenvalue weighted by atomic mass is 10.2. The van der Waals surface area contributed by atoms with Gasteiger partial charge < -0.3 is 10.1 Å². The minimum Gasteiger partial charge on any atom is -0.424 e. The number of esters is 1. The smallest absolute Gasteiger partial charge is 0.311 e. The van der Waals surface area contributed by atoms with Crippen LogP contribution in [0.2, 0.25) is 0 Å². The van der Waals surface area contributed by atoms with Crippen LogP contribution in [-0.2, 0) is 9.59 Å². The first-order chi connectivity index (χ1) is 9.67. The molecule has 0 unspecified atom stereocenters. The molecule has 1 amide bonds. The highest BCUT2D eigenvalue weighted by Crippen LogP contribution is 2.24. The number of benzene rings is 1. The molecule has 4 heteroatoms. The number of para-hydroxylation sites is 2. The van der Waals surface area contributed by atoms with E-state index in [1.165, 1.54) is 0 Å². The number of hydrogen-bond acceptors (Lipinski definition) is 3. The predicted molar refractivity (Wildman–Crippen MR) is 79.8 cm³/mol. The number of hydrogen-bond donors (Lipinski definition) is 1. The summed E-state index contributed by atoms with van der Waals surface area (Å²) in [5.74, 6) is 0.101. The predicted octanol–water partition coefficient (Wildman–Crippen LogP) is 3.91. The second kappa shape index (κ2) is 9.13. The van der Waals surface area contributed by atoms with E-state index in [2.05, 4.69) is 5.32 Å². The zero-order chi connectivity index (χ0) is 14.8. The molecule has 0 atom stereocenters. The molecule has 0 radical (unpaired) electrons. The second-order valence-corrected chi connectivity index (χ2v) is 4.73. The van der Waals surface area contributed by atoms with E-state index >= 15 is 0 Å². The molecule has 1 N–H and O–H groups in total. The van der Waals surface area contributed by atoms with Crippen molar-refractivity contribution in [3.63, 3.8) is 0 Å². The van der Waals surface area contributed by atoms with Gasteiger partial charge in [0, 0.05) is 12.8 Å². The highest BCUT2D eigenvalue weighted by atomic mass is 16.5. The van der Waals surface area contributed by atoms with Gasteiger partial charge in [0.05, 0.1) is 5.69 Å². The van der Waals surface area contributed by atoms with Crippen LogP contribution >= 0.6 is 0 Å². The van der Waals surface area contributed by atoms with E-state index in [0.29, 0.717) is 24.3 Å². The molecule has 0 aliphatic rings. The van der Waals surface area contributed by atoms with Crippen LogP contribution in [0.5, 0.6) is 5.75 Å². The Morgan fingerprint density at radius 2 is 1.70 bits per heavy atom. The average molecular weight is 277 g/mol. The first-order valence-electron chi connectivity index (χ1n) is 7.27. The van der Waals surface area contributed by atoms with E-state index < -0.39 is 0 Å². The molecule has 0 heterocycles. The van der Waals surface area contributed by atoms with Crippen molar-refractivity contribution in [2.45, 2.75) is 52.4 Å². The molecule has 1 rings (SSSR count). The fraction of sp³-hybridized carbons (Fsp3) is 0.500. The molecule has 0 spiro atoms. The van der Waals surface area contributed by atoms with Gasteiger partial charge in [-0.05, 0) is 25.0 Å². The van der Waals surface area contributed by atoms with E-state index in [1.807, 2.05) is 13.8 Å². The Kier molecular flexibility index (Phi) is 7.40. The minimum atomic E-state index is -0.262. The van der Waals surface area contributed by atoms with Gasteiger partial charge in [-0.3, -0.25) is 9.59 Å². The molecule has 110 valence electrons. The molecule has 1 aromatic rings. The van der Waals surface area contributed by atoms with E-state index in [9.17, 15) is 9.59 Å². The molecule has 0 aromatic heterocycles. The third-order valence-corrected chi connectivity index (χ3v) is 2.88. The van der Waals surface area contributed by atoms with Crippen molar-refractivity contribution in [3.05, 3.63) is 24.3 Å². The number of anilines is 1. The Morgan fingerprint density at radius 3 is 2.40 bits per heavy atom. The molecule has 20 heavy (non-hydrogen) atoms. The first-order valence-corrected chi connectivity index (χ1v) is 7.27. The average Bonchev–Trinajstić information content (AvgIpc) is 2.45. The van der Waals surface area contributed by atoms with E-state index in [4.69, 9.17) is 4.74 Å².